The van der Waals surface area contributed by atoms with E-state index in [2.05, 4.69) is 5.32 Å². The van der Waals surface area contributed by atoms with E-state index < -0.39 is 22.9 Å². The molecule has 0 fully saturated rings. The molecule has 0 aliphatic carbocycles. The Morgan fingerprint density at radius 1 is 1.32 bits per heavy atom. The third-order valence-electron chi connectivity index (χ3n) is 3.00. The highest BCUT2D eigenvalue weighted by atomic mass is 127. The quantitative estimate of drug-likeness (QED) is 0.235. The van der Waals surface area contributed by atoms with Crippen LogP contribution >= 0.6 is 22.6 Å². The predicted octanol–water partition coefficient (Wildman–Crippen LogP) is 3.38. The number of nitro groups is 1. The molecule has 0 radical (unpaired) electrons. The molecule has 0 spiro atoms. The zero-order valence-corrected chi connectivity index (χ0v) is 15.1. The van der Waals surface area contributed by atoms with Crippen molar-refractivity contribution in [1.29, 1.82) is 0 Å². The first-order valence-electron chi connectivity index (χ1n) is 7.05. The minimum atomic E-state index is -1.13. The Labute approximate surface area is 156 Å². The molecular formula is C16H13IN2O6. The van der Waals surface area contributed by atoms with Gasteiger partial charge in [0.05, 0.1) is 4.92 Å². The minimum Gasteiger partial charge on any atom is -0.451 e. The maximum absolute atomic E-state index is 12.0. The smallest absolute Gasteiger partial charge is 0.331 e. The van der Waals surface area contributed by atoms with Gasteiger partial charge in [0.1, 0.15) is 11.4 Å². The second-order valence-electron chi connectivity index (χ2n) is 4.82. The number of nitro benzene ring substituents is 1. The summed E-state index contributed by atoms with van der Waals surface area (Å²) in [5, 5.41) is 13.3. The lowest BCUT2D eigenvalue weighted by atomic mass is 10.2. The number of hydrogen-bond donors (Lipinski definition) is 1. The van der Waals surface area contributed by atoms with Gasteiger partial charge in [-0.1, -0.05) is 12.1 Å². The monoisotopic (exact) mass is 456 g/mol. The molecule has 1 aromatic carbocycles. The van der Waals surface area contributed by atoms with Gasteiger partial charge in [0.25, 0.3) is 11.6 Å². The lowest BCUT2D eigenvalue weighted by molar-refractivity contribution is -0.383. The van der Waals surface area contributed by atoms with Gasteiger partial charge < -0.3 is 14.5 Å². The maximum Gasteiger partial charge on any atom is 0.331 e. The lowest BCUT2D eigenvalue weighted by Crippen LogP contribution is -2.29. The van der Waals surface area contributed by atoms with Gasteiger partial charge in [-0.3, -0.25) is 14.9 Å². The molecule has 1 unspecified atom stereocenters. The number of halogens is 1. The van der Waals surface area contributed by atoms with Crippen molar-refractivity contribution in [3.63, 3.8) is 0 Å². The predicted molar refractivity (Wildman–Crippen MR) is 97.7 cm³/mol. The molecule has 130 valence electrons. The molecule has 25 heavy (non-hydrogen) atoms. The van der Waals surface area contributed by atoms with E-state index in [1.54, 1.807) is 18.2 Å². The third kappa shape index (κ3) is 5.41. The van der Waals surface area contributed by atoms with Crippen molar-refractivity contribution in [2.75, 3.05) is 5.32 Å². The molecule has 0 aliphatic rings. The van der Waals surface area contributed by atoms with Gasteiger partial charge in [-0.15, -0.1) is 0 Å². The van der Waals surface area contributed by atoms with Crippen molar-refractivity contribution in [1.82, 2.24) is 0 Å². The Morgan fingerprint density at radius 2 is 2.04 bits per heavy atom. The van der Waals surface area contributed by atoms with E-state index >= 15 is 0 Å². The number of benzene rings is 1. The van der Waals surface area contributed by atoms with Gasteiger partial charge in [0.2, 0.25) is 0 Å². The number of nitrogens with zero attached hydrogens (tertiary/aromatic N) is 1. The van der Waals surface area contributed by atoms with E-state index in [0.717, 1.165) is 6.08 Å². The van der Waals surface area contributed by atoms with E-state index in [9.17, 15) is 19.7 Å². The zero-order chi connectivity index (χ0) is 18.4. The molecule has 1 amide bonds. The Morgan fingerprint density at radius 3 is 2.68 bits per heavy atom. The third-order valence-corrected chi connectivity index (χ3v) is 3.58. The number of rotatable bonds is 6. The van der Waals surface area contributed by atoms with Gasteiger partial charge in [-0.2, -0.15) is 0 Å². The molecule has 0 bridgehead atoms. The average Bonchev–Trinajstić information content (AvgIpc) is 2.98. The van der Waals surface area contributed by atoms with Crippen LogP contribution in [-0.4, -0.2) is 22.9 Å². The maximum atomic E-state index is 12.0. The van der Waals surface area contributed by atoms with Crippen LogP contribution in [0.3, 0.4) is 0 Å². The highest BCUT2D eigenvalue weighted by Gasteiger charge is 2.20. The van der Waals surface area contributed by atoms with Crippen molar-refractivity contribution in [3.8, 4) is 0 Å². The van der Waals surface area contributed by atoms with Crippen LogP contribution in [0.4, 0.5) is 11.4 Å². The summed E-state index contributed by atoms with van der Waals surface area (Å²) < 4.78 is 10.9. The number of furan rings is 1. The van der Waals surface area contributed by atoms with E-state index in [-0.39, 0.29) is 11.4 Å². The number of esters is 1. The number of hydrogen-bond acceptors (Lipinski definition) is 6. The highest BCUT2D eigenvalue weighted by molar-refractivity contribution is 14.1. The number of para-hydroxylation sites is 2. The summed E-state index contributed by atoms with van der Waals surface area (Å²) in [6, 6.07) is 9.10. The molecule has 1 atom stereocenters. The molecule has 0 aliphatic heterocycles. The summed E-state index contributed by atoms with van der Waals surface area (Å²) in [6.45, 7) is 1.37. The van der Waals surface area contributed by atoms with Gasteiger partial charge >= 0.3 is 5.97 Å². The first-order chi connectivity index (χ1) is 11.9. The largest absolute Gasteiger partial charge is 0.451 e. The van der Waals surface area contributed by atoms with Crippen molar-refractivity contribution >= 4 is 51.9 Å². The van der Waals surface area contributed by atoms with Crippen LogP contribution < -0.4 is 5.32 Å². The van der Waals surface area contributed by atoms with E-state index in [1.165, 1.54) is 31.2 Å². The molecule has 2 aromatic rings. The number of ether oxygens (including phenoxy) is 1. The second kappa shape index (κ2) is 8.42. The molecule has 1 aromatic heterocycles. The van der Waals surface area contributed by atoms with Crippen LogP contribution in [0, 0.1) is 13.9 Å². The summed E-state index contributed by atoms with van der Waals surface area (Å²) >= 11 is 1.99. The molecule has 9 heteroatoms. The van der Waals surface area contributed by atoms with Crippen LogP contribution in [0.5, 0.6) is 0 Å². The van der Waals surface area contributed by atoms with E-state index in [0.29, 0.717) is 9.53 Å². The summed E-state index contributed by atoms with van der Waals surface area (Å²) in [6.07, 6.45) is 1.41. The van der Waals surface area contributed by atoms with Crippen LogP contribution in [0.25, 0.3) is 6.08 Å². The first kappa shape index (κ1) is 18.6. The van der Waals surface area contributed by atoms with Crippen molar-refractivity contribution in [2.24, 2.45) is 0 Å². The van der Waals surface area contributed by atoms with Crippen LogP contribution in [0.1, 0.15) is 12.7 Å². The zero-order valence-electron chi connectivity index (χ0n) is 13.0. The molecule has 8 nitrogen and oxygen atoms in total. The van der Waals surface area contributed by atoms with Gasteiger partial charge in [-0.05, 0) is 53.8 Å². The Hall–Kier alpha value is -2.69. The standard InChI is InChI=1S/C16H13IN2O6/c1-10(24-15(20)9-7-11-6-8-14(17)25-11)16(21)18-12-4-2-3-5-13(12)19(22)23/h2-10H,1H3,(H,18,21)/b9-7+. The van der Waals surface area contributed by atoms with Gasteiger partial charge in [0, 0.05) is 12.1 Å². The molecule has 1 heterocycles. The number of anilines is 1. The number of amides is 1. The van der Waals surface area contributed by atoms with E-state index in [4.69, 9.17) is 9.15 Å². The van der Waals surface area contributed by atoms with Gasteiger partial charge in [-0.25, -0.2) is 4.79 Å². The summed E-state index contributed by atoms with van der Waals surface area (Å²) in [5.41, 5.74) is -0.220. The second-order valence-corrected chi connectivity index (χ2v) is 5.88. The topological polar surface area (TPSA) is 112 Å². The number of carbonyl (C=O) groups excluding carboxylic acids is 2. The minimum absolute atomic E-state index is 0.0288. The molecule has 0 saturated carbocycles. The Kier molecular flexibility index (Phi) is 6.28. The summed E-state index contributed by atoms with van der Waals surface area (Å²) in [7, 11) is 0. The van der Waals surface area contributed by atoms with Crippen molar-refractivity contribution in [2.45, 2.75) is 13.0 Å². The lowest BCUT2D eigenvalue weighted by Gasteiger charge is -2.12. The highest BCUT2D eigenvalue weighted by Crippen LogP contribution is 2.23. The normalized spacial score (nSPS) is 11.9. The fraction of sp³-hybridized carbons (Fsp3) is 0.125. The van der Waals surface area contributed by atoms with Gasteiger partial charge in [0.15, 0.2) is 9.87 Å². The van der Waals surface area contributed by atoms with Crippen molar-refractivity contribution < 1.29 is 23.7 Å². The fourth-order valence-electron chi connectivity index (χ4n) is 1.81. The molecule has 0 saturated heterocycles. The molecule has 1 N–H and O–H groups in total. The van der Waals surface area contributed by atoms with Crippen molar-refractivity contribution in [3.05, 3.63) is 62.1 Å². The SMILES string of the molecule is CC(OC(=O)/C=C/c1ccc(I)o1)C(=O)Nc1ccccc1[N+](=O)[O-]. The summed E-state index contributed by atoms with van der Waals surface area (Å²) in [5.74, 6) is -0.946. The Balaban J connectivity index is 1.95. The Bertz CT molecular complexity index is 830. The van der Waals surface area contributed by atoms with Crippen LogP contribution in [0.15, 0.2) is 46.9 Å². The molecular weight excluding hydrogens is 443 g/mol. The molecule has 2 rings (SSSR count). The summed E-state index contributed by atoms with van der Waals surface area (Å²) in [4.78, 5) is 34.1. The first-order valence-corrected chi connectivity index (χ1v) is 8.13. The number of nitrogens with one attached hydrogen (secondary N) is 1. The fourth-order valence-corrected chi connectivity index (χ4v) is 2.24. The average molecular weight is 456 g/mol. The van der Waals surface area contributed by atoms with Crippen LogP contribution in [0.2, 0.25) is 0 Å². The van der Waals surface area contributed by atoms with E-state index in [1.807, 2.05) is 22.6 Å². The number of carbonyl (C=O) groups is 2. The van der Waals surface area contributed by atoms with Crippen LogP contribution in [-0.2, 0) is 14.3 Å².